The summed E-state index contributed by atoms with van der Waals surface area (Å²) in [5.74, 6) is -1.14. The summed E-state index contributed by atoms with van der Waals surface area (Å²) < 4.78 is 0. The van der Waals surface area contributed by atoms with E-state index < -0.39 is 11.9 Å². The largest absolute Gasteiger partial charge is 0.481 e. The van der Waals surface area contributed by atoms with Crippen molar-refractivity contribution in [2.75, 3.05) is 0 Å². The van der Waals surface area contributed by atoms with Gasteiger partial charge in [-0.1, -0.05) is 6.92 Å². The highest BCUT2D eigenvalue weighted by atomic mass is 16.4. The summed E-state index contributed by atoms with van der Waals surface area (Å²) in [6, 6.07) is 0. The third-order valence-corrected chi connectivity index (χ3v) is 2.00. The van der Waals surface area contributed by atoms with Gasteiger partial charge in [0.2, 0.25) is 0 Å². The van der Waals surface area contributed by atoms with Crippen LogP contribution in [0.15, 0.2) is 0 Å². The van der Waals surface area contributed by atoms with Crippen molar-refractivity contribution in [3.8, 4) is 0 Å². The lowest BCUT2D eigenvalue weighted by atomic mass is 9.99. The number of aliphatic carboxylic acids is 1. The maximum absolute atomic E-state index is 10.7. The molecule has 2 atom stereocenters. The van der Waals surface area contributed by atoms with E-state index in [0.29, 0.717) is 6.42 Å². The molecule has 1 saturated carbocycles. The molecule has 10 heavy (non-hydrogen) atoms. The van der Waals surface area contributed by atoms with Gasteiger partial charge in [0, 0.05) is 12.8 Å². The molecule has 0 saturated heterocycles. The van der Waals surface area contributed by atoms with Crippen molar-refractivity contribution in [1.82, 2.24) is 0 Å². The summed E-state index contributed by atoms with van der Waals surface area (Å²) >= 11 is 0. The van der Waals surface area contributed by atoms with Crippen molar-refractivity contribution in [3.63, 3.8) is 0 Å². The zero-order valence-corrected chi connectivity index (χ0v) is 5.83. The standard InChI is InChI=1S/C7H10O3/c1-4-2-5(8)3-6(4)7(9)10/h4,6H,2-3H2,1H3,(H,9,10)/t4-,6-/m1/s1. The molecule has 0 aromatic heterocycles. The summed E-state index contributed by atoms with van der Waals surface area (Å²) in [7, 11) is 0. The van der Waals surface area contributed by atoms with Crippen LogP contribution in [0.4, 0.5) is 0 Å². The monoisotopic (exact) mass is 142 g/mol. The Morgan fingerprint density at radius 1 is 1.60 bits per heavy atom. The second kappa shape index (κ2) is 2.40. The topological polar surface area (TPSA) is 54.4 Å². The van der Waals surface area contributed by atoms with Crippen LogP contribution in [0.2, 0.25) is 0 Å². The van der Waals surface area contributed by atoms with Crippen LogP contribution >= 0.6 is 0 Å². The second-order valence-corrected chi connectivity index (χ2v) is 2.87. The number of carboxylic acids is 1. The molecular formula is C7H10O3. The minimum absolute atomic E-state index is 0.0324. The molecule has 3 nitrogen and oxygen atoms in total. The number of carbonyl (C=O) groups is 2. The van der Waals surface area contributed by atoms with E-state index in [1.165, 1.54) is 0 Å². The minimum Gasteiger partial charge on any atom is -0.481 e. The first-order chi connectivity index (χ1) is 4.61. The Kier molecular flexibility index (Phi) is 1.74. The van der Waals surface area contributed by atoms with Crippen LogP contribution in [0.1, 0.15) is 19.8 Å². The van der Waals surface area contributed by atoms with Crippen LogP contribution in [0.25, 0.3) is 0 Å². The van der Waals surface area contributed by atoms with Crippen molar-refractivity contribution >= 4 is 11.8 Å². The number of hydrogen-bond acceptors (Lipinski definition) is 2. The Balaban J connectivity index is 2.63. The lowest BCUT2D eigenvalue weighted by Crippen LogP contribution is -2.15. The van der Waals surface area contributed by atoms with Gasteiger partial charge >= 0.3 is 5.97 Å². The zero-order chi connectivity index (χ0) is 7.72. The molecular weight excluding hydrogens is 132 g/mol. The molecule has 0 bridgehead atoms. The molecule has 3 heteroatoms. The van der Waals surface area contributed by atoms with E-state index in [0.717, 1.165) is 0 Å². The molecule has 0 heterocycles. The zero-order valence-electron chi connectivity index (χ0n) is 5.83. The van der Waals surface area contributed by atoms with Crippen molar-refractivity contribution in [2.45, 2.75) is 19.8 Å². The number of carboxylic acid groups (broad SMARTS) is 1. The van der Waals surface area contributed by atoms with Gasteiger partial charge in [-0.05, 0) is 5.92 Å². The maximum Gasteiger partial charge on any atom is 0.307 e. The van der Waals surface area contributed by atoms with Crippen LogP contribution in [0.5, 0.6) is 0 Å². The highest BCUT2D eigenvalue weighted by Crippen LogP contribution is 2.28. The third kappa shape index (κ3) is 1.17. The average Bonchev–Trinajstić information content (AvgIpc) is 2.10. The molecule has 0 aromatic carbocycles. The predicted octanol–water partition coefficient (Wildman–Crippen LogP) is 0.686. The van der Waals surface area contributed by atoms with Crippen molar-refractivity contribution < 1.29 is 14.7 Å². The van der Waals surface area contributed by atoms with Gasteiger partial charge in [0.15, 0.2) is 0 Å². The number of Topliss-reactive ketones (excluding diaryl/α,β-unsaturated/α-hetero) is 1. The van der Waals surface area contributed by atoms with Gasteiger partial charge in [-0.15, -0.1) is 0 Å². The van der Waals surface area contributed by atoms with E-state index in [1.54, 1.807) is 0 Å². The first-order valence-electron chi connectivity index (χ1n) is 3.35. The molecule has 0 amide bonds. The summed E-state index contributed by atoms with van der Waals surface area (Å²) in [6.07, 6.45) is 0.674. The fraction of sp³-hybridized carbons (Fsp3) is 0.714. The number of hydrogen-bond donors (Lipinski definition) is 1. The van der Waals surface area contributed by atoms with E-state index in [-0.39, 0.29) is 18.1 Å². The van der Waals surface area contributed by atoms with Gasteiger partial charge in [0.05, 0.1) is 5.92 Å². The summed E-state index contributed by atoms with van der Waals surface area (Å²) in [5, 5.41) is 8.55. The van der Waals surface area contributed by atoms with Crippen LogP contribution in [-0.2, 0) is 9.59 Å². The van der Waals surface area contributed by atoms with Gasteiger partial charge in [-0.3, -0.25) is 9.59 Å². The molecule has 0 aromatic rings. The SMILES string of the molecule is C[C@@H]1CC(=O)C[C@H]1C(=O)O. The third-order valence-electron chi connectivity index (χ3n) is 2.00. The van der Waals surface area contributed by atoms with E-state index in [1.807, 2.05) is 6.92 Å². The van der Waals surface area contributed by atoms with Crippen LogP contribution < -0.4 is 0 Å². The summed E-state index contributed by atoms with van der Waals surface area (Å²) in [5.41, 5.74) is 0. The summed E-state index contributed by atoms with van der Waals surface area (Å²) in [4.78, 5) is 21.1. The Bertz CT molecular complexity index is 174. The Morgan fingerprint density at radius 3 is 2.40 bits per heavy atom. The normalized spacial score (nSPS) is 32.7. The van der Waals surface area contributed by atoms with Crippen LogP contribution in [0, 0.1) is 11.8 Å². The molecule has 0 radical (unpaired) electrons. The first kappa shape index (κ1) is 7.25. The van der Waals surface area contributed by atoms with Gasteiger partial charge in [0.25, 0.3) is 0 Å². The van der Waals surface area contributed by atoms with Gasteiger partial charge in [0.1, 0.15) is 5.78 Å². The molecule has 0 unspecified atom stereocenters. The Labute approximate surface area is 59.0 Å². The molecule has 1 rings (SSSR count). The van der Waals surface area contributed by atoms with E-state index >= 15 is 0 Å². The van der Waals surface area contributed by atoms with Gasteiger partial charge < -0.3 is 5.11 Å². The summed E-state index contributed by atoms with van der Waals surface area (Å²) in [6.45, 7) is 1.81. The van der Waals surface area contributed by atoms with Crippen LogP contribution in [-0.4, -0.2) is 16.9 Å². The molecule has 0 aliphatic heterocycles. The highest BCUT2D eigenvalue weighted by molar-refractivity contribution is 5.87. The highest BCUT2D eigenvalue weighted by Gasteiger charge is 2.34. The predicted molar refractivity (Wildman–Crippen MR) is 34.5 cm³/mol. The van der Waals surface area contributed by atoms with Crippen LogP contribution in [0.3, 0.4) is 0 Å². The molecule has 56 valence electrons. The van der Waals surface area contributed by atoms with E-state index in [4.69, 9.17) is 5.11 Å². The molecule has 0 spiro atoms. The van der Waals surface area contributed by atoms with E-state index in [9.17, 15) is 9.59 Å². The minimum atomic E-state index is -0.835. The number of ketones is 1. The molecule has 1 aliphatic rings. The Morgan fingerprint density at radius 2 is 2.20 bits per heavy atom. The lowest BCUT2D eigenvalue weighted by Gasteiger charge is -2.06. The van der Waals surface area contributed by atoms with E-state index in [2.05, 4.69) is 0 Å². The quantitative estimate of drug-likeness (QED) is 0.586. The number of rotatable bonds is 1. The fourth-order valence-corrected chi connectivity index (χ4v) is 1.36. The molecule has 1 fully saturated rings. The molecule has 1 N–H and O–H groups in total. The average molecular weight is 142 g/mol. The van der Waals surface area contributed by atoms with Crippen molar-refractivity contribution in [3.05, 3.63) is 0 Å². The van der Waals surface area contributed by atoms with Crippen molar-refractivity contribution in [2.24, 2.45) is 11.8 Å². The van der Waals surface area contributed by atoms with Gasteiger partial charge in [-0.25, -0.2) is 0 Å². The fourth-order valence-electron chi connectivity index (χ4n) is 1.36. The first-order valence-corrected chi connectivity index (χ1v) is 3.35. The second-order valence-electron chi connectivity index (χ2n) is 2.87. The Hall–Kier alpha value is -0.860. The van der Waals surface area contributed by atoms with Gasteiger partial charge in [-0.2, -0.15) is 0 Å². The number of carbonyl (C=O) groups excluding carboxylic acids is 1. The maximum atomic E-state index is 10.7. The lowest BCUT2D eigenvalue weighted by molar-refractivity contribution is -0.143. The molecule has 1 aliphatic carbocycles. The van der Waals surface area contributed by atoms with Crippen molar-refractivity contribution in [1.29, 1.82) is 0 Å². The smallest absolute Gasteiger partial charge is 0.307 e.